The van der Waals surface area contributed by atoms with Gasteiger partial charge in [-0.3, -0.25) is 4.79 Å². The van der Waals surface area contributed by atoms with Crippen LogP contribution in [0.3, 0.4) is 0 Å². The van der Waals surface area contributed by atoms with Gasteiger partial charge in [0.1, 0.15) is 22.6 Å². The molecular weight excluding hydrogens is 618 g/mol. The van der Waals surface area contributed by atoms with E-state index in [9.17, 15) is 29.4 Å². The molecule has 0 radical (unpaired) electrons. The minimum absolute atomic E-state index is 0.0844. The maximum Gasteiger partial charge on any atom is 0.410 e. The van der Waals surface area contributed by atoms with Crippen LogP contribution in [0, 0.1) is 0 Å². The van der Waals surface area contributed by atoms with E-state index in [-0.39, 0.29) is 72.5 Å². The highest BCUT2D eigenvalue weighted by molar-refractivity contribution is 5.83. The van der Waals surface area contributed by atoms with E-state index < -0.39 is 16.8 Å². The lowest BCUT2D eigenvalue weighted by Gasteiger charge is -2.37. The summed E-state index contributed by atoms with van der Waals surface area (Å²) in [6.07, 6.45) is 8.55. The minimum atomic E-state index is -0.460. The number of hydrogen-bond donors (Lipinski definition) is 2. The fourth-order valence-electron chi connectivity index (χ4n) is 8.11. The Morgan fingerprint density at radius 2 is 0.729 bits per heavy atom. The molecule has 6 aliphatic rings. The summed E-state index contributed by atoms with van der Waals surface area (Å²) in [4.78, 5) is 52.9. The monoisotopic (exact) mass is 679 g/mol. The van der Waals surface area contributed by atoms with E-state index in [1.54, 1.807) is 4.90 Å². The molecule has 0 saturated carbocycles. The molecule has 12 nitrogen and oxygen atoms in total. The number of nitrogens with zero attached hydrogens (tertiary/aromatic N) is 3. The van der Waals surface area contributed by atoms with Crippen LogP contribution in [0.5, 0.6) is 0 Å². The molecule has 6 heterocycles. The number of aliphatic hydroxyl groups excluding tert-OH is 2. The van der Waals surface area contributed by atoms with Gasteiger partial charge in [-0.1, -0.05) is 0 Å². The van der Waals surface area contributed by atoms with E-state index in [2.05, 4.69) is 0 Å². The average Bonchev–Trinajstić information content (AvgIpc) is 3.46. The molecule has 12 heteroatoms. The fraction of sp³-hybridized carbons (Fsp3) is 0.889. The zero-order valence-corrected chi connectivity index (χ0v) is 30.7. The molecule has 6 bridgehead atoms. The van der Waals surface area contributed by atoms with Crippen LogP contribution in [0.4, 0.5) is 14.4 Å². The van der Waals surface area contributed by atoms with Crippen molar-refractivity contribution in [3.8, 4) is 0 Å². The third kappa shape index (κ3) is 10.2. The fourth-order valence-corrected chi connectivity index (χ4v) is 8.11. The predicted molar refractivity (Wildman–Crippen MR) is 179 cm³/mol. The molecule has 6 unspecified atom stereocenters. The topological polar surface area (TPSA) is 146 Å². The highest BCUT2D eigenvalue weighted by Crippen LogP contribution is 2.38. The highest BCUT2D eigenvalue weighted by Gasteiger charge is 2.46. The molecule has 6 rings (SSSR count). The Balaban J connectivity index is 0.000000163. The van der Waals surface area contributed by atoms with Crippen molar-refractivity contribution < 1.29 is 43.6 Å². The van der Waals surface area contributed by atoms with E-state index in [4.69, 9.17) is 14.2 Å². The molecule has 3 amide bonds. The number of fused-ring (bicyclic) bond motifs is 6. The number of rotatable bonds is 0. The third-order valence-electron chi connectivity index (χ3n) is 9.78. The maximum absolute atomic E-state index is 12.0. The summed E-state index contributed by atoms with van der Waals surface area (Å²) in [7, 11) is 0. The van der Waals surface area contributed by atoms with Crippen LogP contribution in [-0.2, 0) is 19.0 Å². The molecule has 0 spiro atoms. The molecule has 0 aromatic heterocycles. The number of hydrogen-bond acceptors (Lipinski definition) is 9. The summed E-state index contributed by atoms with van der Waals surface area (Å²) in [6, 6.07) is 0.904. The van der Waals surface area contributed by atoms with E-state index in [0.717, 1.165) is 38.5 Å². The lowest BCUT2D eigenvalue weighted by atomic mass is 10.0. The molecule has 6 saturated heterocycles. The zero-order chi connectivity index (χ0) is 35.8. The van der Waals surface area contributed by atoms with Crippen LogP contribution < -0.4 is 0 Å². The number of carbonyl (C=O) groups excluding carboxylic acids is 4. The highest BCUT2D eigenvalue weighted by atomic mass is 16.6. The van der Waals surface area contributed by atoms with Gasteiger partial charge in [0.2, 0.25) is 0 Å². The van der Waals surface area contributed by atoms with Gasteiger partial charge in [-0.2, -0.15) is 0 Å². The molecule has 6 fully saturated rings. The molecule has 274 valence electrons. The standard InChI is InChI=1S/2C12H21NO3.C12H19NO3/c3*1-12(2,3)16-11(15)13-8-4-5-9(13)7-10(14)6-8/h2*8-10,14H,4-7H2,1-3H3;8-9H,4-7H2,1-3H3. The van der Waals surface area contributed by atoms with Crippen molar-refractivity contribution in [2.24, 2.45) is 0 Å². The molecular formula is C36H61N3O9. The molecule has 0 aliphatic carbocycles. The number of ketones is 1. The van der Waals surface area contributed by atoms with Gasteiger partial charge in [-0.15, -0.1) is 0 Å². The first-order chi connectivity index (χ1) is 22.1. The van der Waals surface area contributed by atoms with Gasteiger partial charge in [-0.25, -0.2) is 14.4 Å². The van der Waals surface area contributed by atoms with E-state index >= 15 is 0 Å². The minimum Gasteiger partial charge on any atom is -0.444 e. The maximum atomic E-state index is 12.0. The first-order valence-electron chi connectivity index (χ1n) is 18.0. The summed E-state index contributed by atoms with van der Waals surface area (Å²) in [5.74, 6) is 0.285. The van der Waals surface area contributed by atoms with Gasteiger partial charge in [0.25, 0.3) is 0 Å². The Hall–Kier alpha value is -2.60. The van der Waals surface area contributed by atoms with Crippen molar-refractivity contribution in [2.75, 3.05) is 0 Å². The summed E-state index contributed by atoms with van der Waals surface area (Å²) >= 11 is 0. The zero-order valence-electron chi connectivity index (χ0n) is 30.7. The quantitative estimate of drug-likeness (QED) is 0.297. The van der Waals surface area contributed by atoms with Crippen molar-refractivity contribution in [2.45, 2.75) is 205 Å². The Labute approximate surface area is 286 Å². The lowest BCUT2D eigenvalue weighted by molar-refractivity contribution is -0.123. The van der Waals surface area contributed by atoms with Crippen molar-refractivity contribution in [1.82, 2.24) is 14.7 Å². The number of Topliss-reactive ketones (excluding diaryl/α,β-unsaturated/α-hetero) is 1. The van der Waals surface area contributed by atoms with Crippen LogP contribution in [0.2, 0.25) is 0 Å². The predicted octanol–water partition coefficient (Wildman–Crippen LogP) is 5.94. The van der Waals surface area contributed by atoms with Gasteiger partial charge in [0, 0.05) is 49.1 Å². The van der Waals surface area contributed by atoms with Gasteiger partial charge >= 0.3 is 18.3 Å². The second-order valence-corrected chi connectivity index (χ2v) is 17.5. The van der Waals surface area contributed by atoms with Crippen molar-refractivity contribution in [3.63, 3.8) is 0 Å². The first kappa shape index (κ1) is 38.2. The Morgan fingerprint density at radius 1 is 0.500 bits per heavy atom. The number of amides is 3. The van der Waals surface area contributed by atoms with Crippen LogP contribution in [-0.4, -0.2) is 114 Å². The van der Waals surface area contributed by atoms with Gasteiger partial charge in [0.15, 0.2) is 0 Å². The van der Waals surface area contributed by atoms with Crippen molar-refractivity contribution in [3.05, 3.63) is 0 Å². The Bertz CT molecular complexity index is 1070. The SMILES string of the molecule is CC(C)(C)OC(=O)N1C2CCC1CC(=O)C2.CC(C)(C)OC(=O)N1C2CCC1CC(O)C2.CC(C)(C)OC(=O)N1C2CCC1CC(O)C2. The van der Waals surface area contributed by atoms with Gasteiger partial charge in [-0.05, 0) is 127 Å². The summed E-state index contributed by atoms with van der Waals surface area (Å²) in [5.41, 5.74) is -1.34. The van der Waals surface area contributed by atoms with Crippen molar-refractivity contribution >= 4 is 24.1 Å². The number of ether oxygens (including phenoxy) is 3. The Morgan fingerprint density at radius 3 is 0.979 bits per heavy atom. The summed E-state index contributed by atoms with van der Waals surface area (Å²) in [6.45, 7) is 16.9. The molecule has 2 N–H and O–H groups in total. The number of piperidine rings is 3. The second-order valence-electron chi connectivity index (χ2n) is 17.5. The molecule has 0 aromatic carbocycles. The van der Waals surface area contributed by atoms with Crippen molar-refractivity contribution in [1.29, 1.82) is 0 Å². The molecule has 48 heavy (non-hydrogen) atoms. The van der Waals surface area contributed by atoms with Crippen LogP contribution >= 0.6 is 0 Å². The summed E-state index contributed by atoms with van der Waals surface area (Å²) in [5, 5.41) is 19.3. The molecule has 0 aromatic rings. The van der Waals surface area contributed by atoms with Gasteiger partial charge < -0.3 is 39.1 Å². The van der Waals surface area contributed by atoms with Crippen LogP contribution in [0.1, 0.15) is 139 Å². The lowest BCUT2D eigenvalue weighted by Crippen LogP contribution is -2.49. The Kier molecular flexibility index (Phi) is 11.7. The summed E-state index contributed by atoms with van der Waals surface area (Å²) < 4.78 is 16.2. The normalized spacial score (nSPS) is 32.5. The van der Waals surface area contributed by atoms with E-state index in [1.165, 1.54) is 0 Å². The molecule has 6 aliphatic heterocycles. The number of aliphatic hydroxyl groups is 2. The smallest absolute Gasteiger partial charge is 0.410 e. The van der Waals surface area contributed by atoms with Gasteiger partial charge in [0.05, 0.1) is 12.2 Å². The number of carbonyl (C=O) groups is 4. The van der Waals surface area contributed by atoms with E-state index in [1.807, 2.05) is 72.1 Å². The average molecular weight is 680 g/mol. The van der Waals surface area contributed by atoms with Crippen LogP contribution in [0.15, 0.2) is 0 Å². The molecule has 6 atom stereocenters. The first-order valence-corrected chi connectivity index (χ1v) is 18.0. The van der Waals surface area contributed by atoms with Crippen LogP contribution in [0.25, 0.3) is 0 Å². The third-order valence-corrected chi connectivity index (χ3v) is 9.78. The van der Waals surface area contributed by atoms with E-state index in [0.29, 0.717) is 38.5 Å². The second kappa shape index (κ2) is 14.7. The largest absolute Gasteiger partial charge is 0.444 e.